The Morgan fingerprint density at radius 1 is 1.08 bits per heavy atom. The molecule has 1 heterocycles. The zero-order valence-corrected chi connectivity index (χ0v) is 22.2. The molecule has 0 radical (unpaired) electrons. The van der Waals surface area contributed by atoms with Crippen molar-refractivity contribution in [3.8, 4) is 11.5 Å². The molecule has 2 aromatic carbocycles. The summed E-state index contributed by atoms with van der Waals surface area (Å²) >= 11 is 5.55. The molecule has 3 aromatic rings. The standard InChI is InChI=1S/C30H35N3O2S/c1-17(2)22-6-7-26-25(11-22)31-28(35-26)23-5-4-18(3)24(12-23)32-29(36)33-27(34)16-30-13-19-8-20(14-30)10-21(9-19)15-30/h4-7,11-12,17,19-21H,8-10,13-16H2,1-3H3,(H2,32,33,34,36). The lowest BCUT2D eigenvalue weighted by Crippen LogP contribution is -2.48. The van der Waals surface area contributed by atoms with Gasteiger partial charge in [-0.2, -0.15) is 0 Å². The van der Waals surface area contributed by atoms with Crippen LogP contribution in [0.25, 0.3) is 22.6 Å². The number of aryl methyl sites for hydroxylation is 1. The highest BCUT2D eigenvalue weighted by Gasteiger charge is 2.51. The summed E-state index contributed by atoms with van der Waals surface area (Å²) in [5, 5.41) is 6.57. The first kappa shape index (κ1) is 23.7. The molecule has 0 aliphatic heterocycles. The second-order valence-corrected chi connectivity index (χ2v) is 12.4. The first-order valence-corrected chi connectivity index (χ1v) is 13.8. The van der Waals surface area contributed by atoms with Gasteiger partial charge in [0.2, 0.25) is 11.8 Å². The van der Waals surface area contributed by atoms with Crippen molar-refractivity contribution in [2.24, 2.45) is 23.2 Å². The van der Waals surface area contributed by atoms with E-state index in [1.807, 2.05) is 31.2 Å². The molecule has 5 nitrogen and oxygen atoms in total. The van der Waals surface area contributed by atoms with Crippen LogP contribution >= 0.6 is 12.2 Å². The number of thiocarbonyl (C=S) groups is 1. The summed E-state index contributed by atoms with van der Waals surface area (Å²) in [5.41, 5.74) is 5.83. The van der Waals surface area contributed by atoms with Crippen molar-refractivity contribution < 1.29 is 9.21 Å². The Labute approximate surface area is 218 Å². The van der Waals surface area contributed by atoms with Crippen LogP contribution in [-0.2, 0) is 4.79 Å². The van der Waals surface area contributed by atoms with Gasteiger partial charge in [0.1, 0.15) is 5.52 Å². The van der Waals surface area contributed by atoms with E-state index >= 15 is 0 Å². The van der Waals surface area contributed by atoms with Gasteiger partial charge >= 0.3 is 0 Å². The van der Waals surface area contributed by atoms with Crippen LogP contribution in [0.4, 0.5) is 5.69 Å². The Morgan fingerprint density at radius 3 is 2.44 bits per heavy atom. The van der Waals surface area contributed by atoms with Gasteiger partial charge < -0.3 is 15.1 Å². The number of carbonyl (C=O) groups is 1. The molecule has 188 valence electrons. The first-order valence-electron chi connectivity index (χ1n) is 13.4. The van der Waals surface area contributed by atoms with Gasteiger partial charge in [-0.15, -0.1) is 0 Å². The number of carbonyl (C=O) groups excluding carboxylic acids is 1. The van der Waals surface area contributed by atoms with E-state index in [0.717, 1.165) is 45.7 Å². The quantitative estimate of drug-likeness (QED) is 0.358. The Hall–Kier alpha value is -2.73. The highest BCUT2D eigenvalue weighted by Crippen LogP contribution is 2.61. The number of hydrogen-bond acceptors (Lipinski definition) is 4. The Bertz CT molecular complexity index is 1310. The maximum Gasteiger partial charge on any atom is 0.227 e. The number of anilines is 1. The van der Waals surface area contributed by atoms with E-state index in [1.165, 1.54) is 44.1 Å². The molecule has 0 unspecified atom stereocenters. The molecule has 6 heteroatoms. The molecule has 36 heavy (non-hydrogen) atoms. The molecule has 0 saturated heterocycles. The Balaban J connectivity index is 1.14. The van der Waals surface area contributed by atoms with Crippen LogP contribution in [0.15, 0.2) is 40.8 Å². The monoisotopic (exact) mass is 501 g/mol. The smallest absolute Gasteiger partial charge is 0.227 e. The molecule has 4 saturated carbocycles. The van der Waals surface area contributed by atoms with E-state index in [1.54, 1.807) is 0 Å². The van der Waals surface area contributed by atoms with E-state index in [2.05, 4.69) is 36.6 Å². The summed E-state index contributed by atoms with van der Waals surface area (Å²) in [7, 11) is 0. The third-order valence-corrected chi connectivity index (χ3v) is 8.97. The van der Waals surface area contributed by atoms with Gasteiger partial charge in [0, 0.05) is 17.7 Å². The fraction of sp³-hybridized carbons (Fsp3) is 0.500. The Morgan fingerprint density at radius 2 is 1.78 bits per heavy atom. The van der Waals surface area contributed by atoms with E-state index in [4.69, 9.17) is 21.6 Å². The highest BCUT2D eigenvalue weighted by atomic mass is 32.1. The van der Waals surface area contributed by atoms with E-state index in [-0.39, 0.29) is 11.3 Å². The van der Waals surface area contributed by atoms with Crippen LogP contribution in [0.3, 0.4) is 0 Å². The summed E-state index contributed by atoms with van der Waals surface area (Å²) in [6, 6.07) is 12.2. The fourth-order valence-corrected chi connectivity index (χ4v) is 7.71. The molecule has 4 bridgehead atoms. The summed E-state index contributed by atoms with van der Waals surface area (Å²) in [4.78, 5) is 17.7. The van der Waals surface area contributed by atoms with Crippen molar-refractivity contribution in [1.82, 2.24) is 10.3 Å². The number of aromatic nitrogens is 1. The third kappa shape index (κ3) is 4.56. The predicted octanol–water partition coefficient (Wildman–Crippen LogP) is 7.35. The fourth-order valence-electron chi connectivity index (χ4n) is 7.49. The normalized spacial score (nSPS) is 26.5. The topological polar surface area (TPSA) is 67.2 Å². The van der Waals surface area contributed by atoms with E-state index < -0.39 is 0 Å². The summed E-state index contributed by atoms with van der Waals surface area (Å²) in [6.45, 7) is 6.36. The molecule has 4 fully saturated rings. The average molecular weight is 502 g/mol. The highest BCUT2D eigenvalue weighted by molar-refractivity contribution is 7.80. The van der Waals surface area contributed by atoms with Crippen LogP contribution < -0.4 is 10.6 Å². The van der Waals surface area contributed by atoms with Crippen molar-refractivity contribution >= 4 is 40.0 Å². The van der Waals surface area contributed by atoms with Gasteiger partial charge in [0.15, 0.2) is 10.7 Å². The number of benzene rings is 2. The third-order valence-electron chi connectivity index (χ3n) is 8.76. The Kier molecular flexibility index (Phi) is 5.90. The minimum atomic E-state index is 0.0446. The van der Waals surface area contributed by atoms with E-state index in [0.29, 0.717) is 23.3 Å². The number of rotatable bonds is 5. The minimum absolute atomic E-state index is 0.0446. The largest absolute Gasteiger partial charge is 0.436 e. The number of oxazole rings is 1. The molecule has 0 atom stereocenters. The van der Waals surface area contributed by atoms with Crippen molar-refractivity contribution in [3.05, 3.63) is 47.5 Å². The minimum Gasteiger partial charge on any atom is -0.436 e. The maximum absolute atomic E-state index is 13.0. The van der Waals surface area contributed by atoms with Gasteiger partial charge in [0.25, 0.3) is 0 Å². The zero-order valence-electron chi connectivity index (χ0n) is 21.4. The van der Waals surface area contributed by atoms with Crippen molar-refractivity contribution in [2.45, 2.75) is 71.6 Å². The molecule has 4 aliphatic rings. The maximum atomic E-state index is 13.0. The molecule has 7 rings (SSSR count). The van der Waals surface area contributed by atoms with Gasteiger partial charge in [-0.3, -0.25) is 4.79 Å². The van der Waals surface area contributed by atoms with Crippen molar-refractivity contribution in [2.75, 3.05) is 5.32 Å². The predicted molar refractivity (Wildman–Crippen MR) is 148 cm³/mol. The second kappa shape index (κ2) is 8.98. The van der Waals surface area contributed by atoms with Crippen LogP contribution in [0.1, 0.15) is 75.8 Å². The van der Waals surface area contributed by atoms with Crippen LogP contribution in [0, 0.1) is 30.1 Å². The lowest BCUT2D eigenvalue weighted by molar-refractivity contribution is -0.127. The molecular weight excluding hydrogens is 466 g/mol. The lowest BCUT2D eigenvalue weighted by atomic mass is 9.49. The van der Waals surface area contributed by atoms with Crippen LogP contribution in [0.2, 0.25) is 0 Å². The number of nitrogens with one attached hydrogen (secondary N) is 2. The number of hydrogen-bond donors (Lipinski definition) is 2. The molecule has 2 N–H and O–H groups in total. The number of nitrogens with zero attached hydrogens (tertiary/aromatic N) is 1. The average Bonchev–Trinajstić information content (AvgIpc) is 3.22. The molecule has 4 aliphatic carbocycles. The SMILES string of the molecule is Cc1ccc(-c2nc3cc(C(C)C)ccc3o2)cc1NC(=S)NC(=O)CC12CC3CC(CC(C3)C1)C2. The van der Waals surface area contributed by atoms with E-state index in [9.17, 15) is 4.79 Å². The number of amides is 1. The first-order chi connectivity index (χ1) is 17.2. The van der Waals surface area contributed by atoms with Gasteiger partial charge in [0.05, 0.1) is 0 Å². The van der Waals surface area contributed by atoms with Gasteiger partial charge in [-0.1, -0.05) is 26.0 Å². The second-order valence-electron chi connectivity index (χ2n) is 12.0. The number of fused-ring (bicyclic) bond motifs is 1. The molecule has 0 spiro atoms. The van der Waals surface area contributed by atoms with Crippen LogP contribution in [0.5, 0.6) is 0 Å². The molecular formula is C30H35N3O2S. The van der Waals surface area contributed by atoms with Gasteiger partial charge in [-0.25, -0.2) is 4.98 Å². The summed E-state index contributed by atoms with van der Waals surface area (Å²) in [6.07, 6.45) is 8.41. The van der Waals surface area contributed by atoms with Gasteiger partial charge in [-0.05, 0) is 122 Å². The molecule has 1 amide bonds. The lowest BCUT2D eigenvalue weighted by Gasteiger charge is -2.56. The van der Waals surface area contributed by atoms with Crippen LogP contribution in [-0.4, -0.2) is 16.0 Å². The molecule has 1 aromatic heterocycles. The summed E-state index contributed by atoms with van der Waals surface area (Å²) in [5.74, 6) is 3.56. The zero-order chi connectivity index (χ0) is 25.0. The van der Waals surface area contributed by atoms with Crippen molar-refractivity contribution in [1.29, 1.82) is 0 Å². The summed E-state index contributed by atoms with van der Waals surface area (Å²) < 4.78 is 6.05. The van der Waals surface area contributed by atoms with Crippen molar-refractivity contribution in [3.63, 3.8) is 0 Å².